The number of hydrogen-bond donors (Lipinski definition) is 2. The van der Waals surface area contributed by atoms with E-state index >= 15 is 0 Å². The summed E-state index contributed by atoms with van der Waals surface area (Å²) < 4.78 is 10.7. The molecule has 2 atom stereocenters. The standard InChI is InChI=1S/C15H23NO3/c1-18-13-5-7-14(8-6-13)19-10-9-16-11-12-3-2-4-15(12)17/h5-8,12,15-17H,2-4,9-11H2,1H3. The highest BCUT2D eigenvalue weighted by atomic mass is 16.5. The number of methoxy groups -OCH3 is 1. The summed E-state index contributed by atoms with van der Waals surface area (Å²) in [5.74, 6) is 2.10. The average Bonchev–Trinajstić information content (AvgIpc) is 2.85. The Hall–Kier alpha value is -1.26. The van der Waals surface area contributed by atoms with E-state index in [0.29, 0.717) is 12.5 Å². The van der Waals surface area contributed by atoms with E-state index in [0.717, 1.165) is 43.9 Å². The van der Waals surface area contributed by atoms with Crippen LogP contribution in [0.25, 0.3) is 0 Å². The van der Waals surface area contributed by atoms with Gasteiger partial charge in [0.25, 0.3) is 0 Å². The van der Waals surface area contributed by atoms with Crippen LogP contribution >= 0.6 is 0 Å². The molecule has 1 saturated carbocycles. The van der Waals surface area contributed by atoms with Gasteiger partial charge in [0.15, 0.2) is 0 Å². The van der Waals surface area contributed by atoms with Gasteiger partial charge in [-0.3, -0.25) is 0 Å². The summed E-state index contributed by atoms with van der Waals surface area (Å²) in [4.78, 5) is 0. The summed E-state index contributed by atoms with van der Waals surface area (Å²) in [5, 5.41) is 13.0. The summed E-state index contributed by atoms with van der Waals surface area (Å²) >= 11 is 0. The van der Waals surface area contributed by atoms with Crippen LogP contribution in [0.5, 0.6) is 11.5 Å². The van der Waals surface area contributed by atoms with Crippen molar-refractivity contribution in [3.05, 3.63) is 24.3 Å². The van der Waals surface area contributed by atoms with Gasteiger partial charge in [0.2, 0.25) is 0 Å². The summed E-state index contributed by atoms with van der Waals surface area (Å²) in [6, 6.07) is 7.58. The molecule has 2 N–H and O–H groups in total. The smallest absolute Gasteiger partial charge is 0.119 e. The van der Waals surface area contributed by atoms with Crippen LogP contribution in [0, 0.1) is 5.92 Å². The van der Waals surface area contributed by atoms with Gasteiger partial charge in [0.1, 0.15) is 18.1 Å². The van der Waals surface area contributed by atoms with Crippen molar-refractivity contribution in [2.24, 2.45) is 5.92 Å². The third-order valence-electron chi connectivity index (χ3n) is 3.63. The van der Waals surface area contributed by atoms with E-state index in [2.05, 4.69) is 5.32 Å². The molecule has 2 unspecified atom stereocenters. The Morgan fingerprint density at radius 2 is 1.95 bits per heavy atom. The molecule has 4 nitrogen and oxygen atoms in total. The number of ether oxygens (including phenoxy) is 2. The van der Waals surface area contributed by atoms with Gasteiger partial charge in [0, 0.05) is 13.1 Å². The third-order valence-corrected chi connectivity index (χ3v) is 3.63. The van der Waals surface area contributed by atoms with Crippen molar-refractivity contribution in [3.8, 4) is 11.5 Å². The molecule has 2 rings (SSSR count). The summed E-state index contributed by atoms with van der Waals surface area (Å²) in [6.07, 6.45) is 3.12. The number of benzene rings is 1. The summed E-state index contributed by atoms with van der Waals surface area (Å²) in [7, 11) is 1.65. The van der Waals surface area contributed by atoms with Crippen LogP contribution in [-0.2, 0) is 0 Å². The molecule has 0 bridgehead atoms. The molecule has 0 spiro atoms. The van der Waals surface area contributed by atoms with Crippen LogP contribution in [0.1, 0.15) is 19.3 Å². The predicted molar refractivity (Wildman–Crippen MR) is 74.7 cm³/mol. The number of aliphatic hydroxyl groups excluding tert-OH is 1. The zero-order valence-corrected chi connectivity index (χ0v) is 11.5. The highest BCUT2D eigenvalue weighted by Gasteiger charge is 2.24. The Morgan fingerprint density at radius 1 is 1.21 bits per heavy atom. The second kappa shape index (κ2) is 7.36. The minimum atomic E-state index is -0.116. The molecule has 19 heavy (non-hydrogen) atoms. The zero-order valence-electron chi connectivity index (χ0n) is 11.5. The lowest BCUT2D eigenvalue weighted by molar-refractivity contribution is 0.131. The Labute approximate surface area is 114 Å². The van der Waals surface area contributed by atoms with E-state index in [1.54, 1.807) is 7.11 Å². The number of nitrogens with one attached hydrogen (secondary N) is 1. The topological polar surface area (TPSA) is 50.7 Å². The Bertz CT molecular complexity index is 366. The highest BCUT2D eigenvalue weighted by molar-refractivity contribution is 5.31. The number of hydrogen-bond acceptors (Lipinski definition) is 4. The monoisotopic (exact) mass is 265 g/mol. The van der Waals surface area contributed by atoms with Crippen molar-refractivity contribution in [2.45, 2.75) is 25.4 Å². The van der Waals surface area contributed by atoms with E-state index in [1.807, 2.05) is 24.3 Å². The van der Waals surface area contributed by atoms with Crippen LogP contribution in [0.4, 0.5) is 0 Å². The second-order valence-corrected chi connectivity index (χ2v) is 4.99. The Kier molecular flexibility index (Phi) is 5.48. The molecular weight excluding hydrogens is 242 g/mol. The number of rotatable bonds is 7. The molecule has 0 amide bonds. The zero-order chi connectivity index (χ0) is 13.5. The lowest BCUT2D eigenvalue weighted by Crippen LogP contribution is -2.30. The van der Waals surface area contributed by atoms with Crippen LogP contribution < -0.4 is 14.8 Å². The van der Waals surface area contributed by atoms with Gasteiger partial charge in [0.05, 0.1) is 13.2 Å². The second-order valence-electron chi connectivity index (χ2n) is 4.99. The molecule has 4 heteroatoms. The van der Waals surface area contributed by atoms with Crippen LogP contribution in [0.3, 0.4) is 0 Å². The molecule has 106 valence electrons. The summed E-state index contributed by atoms with van der Waals surface area (Å²) in [5.41, 5.74) is 0. The molecule has 0 radical (unpaired) electrons. The molecule has 1 aromatic carbocycles. The van der Waals surface area contributed by atoms with Crippen molar-refractivity contribution in [1.82, 2.24) is 5.32 Å². The minimum Gasteiger partial charge on any atom is -0.497 e. The summed E-state index contributed by atoms with van der Waals surface area (Å²) in [6.45, 7) is 2.32. The fourth-order valence-corrected chi connectivity index (χ4v) is 2.46. The molecule has 1 aliphatic carbocycles. The fraction of sp³-hybridized carbons (Fsp3) is 0.600. The van der Waals surface area contributed by atoms with Gasteiger partial charge in [-0.25, -0.2) is 0 Å². The molecule has 1 aromatic rings. The van der Waals surface area contributed by atoms with Crippen LogP contribution in [0.15, 0.2) is 24.3 Å². The van der Waals surface area contributed by atoms with Crippen molar-refractivity contribution in [2.75, 3.05) is 26.8 Å². The predicted octanol–water partition coefficient (Wildman–Crippen LogP) is 1.82. The van der Waals surface area contributed by atoms with E-state index in [4.69, 9.17) is 9.47 Å². The fourth-order valence-electron chi connectivity index (χ4n) is 2.46. The largest absolute Gasteiger partial charge is 0.497 e. The maximum absolute atomic E-state index is 9.69. The molecule has 0 saturated heterocycles. The van der Waals surface area contributed by atoms with E-state index in [-0.39, 0.29) is 6.10 Å². The van der Waals surface area contributed by atoms with Gasteiger partial charge in [-0.1, -0.05) is 6.42 Å². The molecule has 0 heterocycles. The van der Waals surface area contributed by atoms with Crippen LogP contribution in [0.2, 0.25) is 0 Å². The van der Waals surface area contributed by atoms with Gasteiger partial charge in [-0.15, -0.1) is 0 Å². The third kappa shape index (κ3) is 4.40. The van der Waals surface area contributed by atoms with Gasteiger partial charge in [-0.05, 0) is 43.0 Å². The quantitative estimate of drug-likeness (QED) is 0.738. The first kappa shape index (κ1) is 14.2. The van der Waals surface area contributed by atoms with Crippen molar-refractivity contribution in [1.29, 1.82) is 0 Å². The van der Waals surface area contributed by atoms with Crippen molar-refractivity contribution < 1.29 is 14.6 Å². The Balaban J connectivity index is 1.58. The van der Waals surface area contributed by atoms with E-state index in [1.165, 1.54) is 0 Å². The lowest BCUT2D eigenvalue weighted by atomic mass is 10.1. The van der Waals surface area contributed by atoms with Gasteiger partial charge >= 0.3 is 0 Å². The molecule has 1 fully saturated rings. The number of aliphatic hydroxyl groups is 1. The average molecular weight is 265 g/mol. The van der Waals surface area contributed by atoms with Crippen molar-refractivity contribution >= 4 is 0 Å². The maximum Gasteiger partial charge on any atom is 0.119 e. The maximum atomic E-state index is 9.69. The first-order chi connectivity index (χ1) is 9.29. The molecule has 0 aromatic heterocycles. The van der Waals surface area contributed by atoms with E-state index in [9.17, 15) is 5.11 Å². The van der Waals surface area contributed by atoms with Crippen molar-refractivity contribution in [3.63, 3.8) is 0 Å². The van der Waals surface area contributed by atoms with E-state index < -0.39 is 0 Å². The molecule has 1 aliphatic rings. The SMILES string of the molecule is COc1ccc(OCCNCC2CCCC2O)cc1. The minimum absolute atomic E-state index is 0.116. The molecular formula is C15H23NO3. The van der Waals surface area contributed by atoms with Gasteiger partial charge in [-0.2, -0.15) is 0 Å². The normalized spacial score (nSPS) is 22.4. The Morgan fingerprint density at radius 3 is 2.58 bits per heavy atom. The highest BCUT2D eigenvalue weighted by Crippen LogP contribution is 2.24. The van der Waals surface area contributed by atoms with Gasteiger partial charge < -0.3 is 19.9 Å². The van der Waals surface area contributed by atoms with Crippen LogP contribution in [-0.4, -0.2) is 38.0 Å². The molecule has 0 aliphatic heterocycles. The lowest BCUT2D eigenvalue weighted by Gasteiger charge is -2.15. The first-order valence-electron chi connectivity index (χ1n) is 6.95. The first-order valence-corrected chi connectivity index (χ1v) is 6.95.